The summed E-state index contributed by atoms with van der Waals surface area (Å²) in [5.74, 6) is 0.856. The number of nitrogens with one attached hydrogen (secondary N) is 1. The quantitative estimate of drug-likeness (QED) is 0.834. The minimum atomic E-state index is 0.0932. The van der Waals surface area contributed by atoms with Crippen LogP contribution in [-0.4, -0.2) is 42.8 Å². The molecular formula is C16H26N2O2. The molecule has 1 atom stereocenters. The van der Waals surface area contributed by atoms with Gasteiger partial charge in [0, 0.05) is 24.9 Å². The molecule has 3 aliphatic rings. The average molecular weight is 278 g/mol. The van der Waals surface area contributed by atoms with Gasteiger partial charge in [0.05, 0.1) is 0 Å². The van der Waals surface area contributed by atoms with E-state index in [2.05, 4.69) is 5.32 Å². The average Bonchev–Trinajstić information content (AvgIpc) is 2.45. The Labute approximate surface area is 121 Å². The van der Waals surface area contributed by atoms with Crippen LogP contribution < -0.4 is 5.32 Å². The first-order chi connectivity index (χ1) is 9.62. The van der Waals surface area contributed by atoms with Crippen molar-refractivity contribution in [3.63, 3.8) is 0 Å². The smallest absolute Gasteiger partial charge is 0.225 e. The maximum Gasteiger partial charge on any atom is 0.225 e. The van der Waals surface area contributed by atoms with Crippen LogP contribution in [0.25, 0.3) is 0 Å². The molecule has 3 rings (SSSR count). The maximum absolute atomic E-state index is 12.6. The van der Waals surface area contributed by atoms with Crippen LogP contribution in [0.3, 0.4) is 0 Å². The molecule has 0 aromatic rings. The van der Waals surface area contributed by atoms with Gasteiger partial charge in [0.2, 0.25) is 5.91 Å². The molecule has 2 saturated heterocycles. The second-order valence-corrected chi connectivity index (χ2v) is 6.94. The number of piperidine rings is 2. The number of hydrogen-bond acceptors (Lipinski definition) is 3. The fraction of sp³-hybridized carbons (Fsp3) is 0.875. The Morgan fingerprint density at radius 3 is 2.40 bits per heavy atom. The lowest BCUT2D eigenvalue weighted by molar-refractivity contribution is -0.147. The van der Waals surface area contributed by atoms with Gasteiger partial charge in [0.15, 0.2) is 0 Å². The van der Waals surface area contributed by atoms with Gasteiger partial charge in [0.1, 0.15) is 5.78 Å². The maximum atomic E-state index is 12.6. The van der Waals surface area contributed by atoms with Gasteiger partial charge < -0.3 is 10.2 Å². The van der Waals surface area contributed by atoms with E-state index in [1.165, 1.54) is 19.3 Å². The number of likely N-dealkylation sites (tertiary alicyclic amines) is 1. The number of nitrogens with zero attached hydrogens (tertiary/aromatic N) is 1. The van der Waals surface area contributed by atoms with Crippen LogP contribution in [0, 0.1) is 17.3 Å². The third-order valence-corrected chi connectivity index (χ3v) is 5.86. The van der Waals surface area contributed by atoms with E-state index in [9.17, 15) is 9.59 Å². The molecule has 3 fully saturated rings. The third kappa shape index (κ3) is 2.39. The van der Waals surface area contributed by atoms with Gasteiger partial charge in [-0.1, -0.05) is 6.42 Å². The monoisotopic (exact) mass is 278 g/mol. The van der Waals surface area contributed by atoms with Gasteiger partial charge in [-0.3, -0.25) is 9.59 Å². The van der Waals surface area contributed by atoms with Crippen molar-refractivity contribution in [2.45, 2.75) is 45.4 Å². The van der Waals surface area contributed by atoms with Gasteiger partial charge in [0.25, 0.3) is 0 Å². The van der Waals surface area contributed by atoms with Crippen molar-refractivity contribution in [1.29, 1.82) is 0 Å². The van der Waals surface area contributed by atoms with Crippen LogP contribution in [-0.2, 0) is 9.59 Å². The van der Waals surface area contributed by atoms with Crippen LogP contribution >= 0.6 is 0 Å². The SMILES string of the molecule is CC(=O)C1CN(C(=O)C2CCNCC2)CCC12CCC2. The Morgan fingerprint density at radius 1 is 1.15 bits per heavy atom. The normalized spacial score (nSPS) is 30.1. The van der Waals surface area contributed by atoms with Crippen molar-refractivity contribution in [2.75, 3.05) is 26.2 Å². The number of ketones is 1. The summed E-state index contributed by atoms with van der Waals surface area (Å²) in [4.78, 5) is 26.6. The molecule has 1 saturated carbocycles. The highest BCUT2D eigenvalue weighted by molar-refractivity contribution is 5.83. The van der Waals surface area contributed by atoms with E-state index in [-0.39, 0.29) is 23.0 Å². The summed E-state index contributed by atoms with van der Waals surface area (Å²) in [5.41, 5.74) is 0.247. The first-order valence-corrected chi connectivity index (χ1v) is 8.12. The highest BCUT2D eigenvalue weighted by Gasteiger charge is 2.49. The Balaban J connectivity index is 1.66. The van der Waals surface area contributed by atoms with Gasteiger partial charge in [-0.2, -0.15) is 0 Å². The standard InChI is InChI=1S/C16H26N2O2/c1-12(19)14-11-18(10-7-16(14)5-2-6-16)15(20)13-3-8-17-9-4-13/h13-14,17H,2-11H2,1H3. The van der Waals surface area contributed by atoms with Crippen LogP contribution in [0.4, 0.5) is 0 Å². The van der Waals surface area contributed by atoms with Gasteiger partial charge >= 0.3 is 0 Å². The third-order valence-electron chi connectivity index (χ3n) is 5.86. The van der Waals surface area contributed by atoms with Crippen molar-refractivity contribution < 1.29 is 9.59 Å². The number of rotatable bonds is 2. The summed E-state index contributed by atoms with van der Waals surface area (Å²) in [6.45, 7) is 5.16. The molecule has 0 radical (unpaired) electrons. The zero-order chi connectivity index (χ0) is 14.2. The molecule has 112 valence electrons. The summed E-state index contributed by atoms with van der Waals surface area (Å²) in [5, 5.41) is 3.31. The summed E-state index contributed by atoms with van der Waals surface area (Å²) in [6.07, 6.45) is 6.57. The Hall–Kier alpha value is -0.900. The molecule has 1 aliphatic carbocycles. The fourth-order valence-electron chi connectivity index (χ4n) is 4.35. The summed E-state index contributed by atoms with van der Waals surface area (Å²) in [7, 11) is 0. The van der Waals surface area contributed by atoms with Crippen molar-refractivity contribution in [1.82, 2.24) is 10.2 Å². The Kier molecular flexibility index (Phi) is 3.85. The van der Waals surface area contributed by atoms with Crippen LogP contribution in [0.15, 0.2) is 0 Å². The highest BCUT2D eigenvalue weighted by atomic mass is 16.2. The number of amides is 1. The van der Waals surface area contributed by atoms with E-state index < -0.39 is 0 Å². The molecule has 0 aromatic carbocycles. The number of carbonyl (C=O) groups excluding carboxylic acids is 2. The van der Waals surface area contributed by atoms with Crippen molar-refractivity contribution in [3.05, 3.63) is 0 Å². The Morgan fingerprint density at radius 2 is 1.85 bits per heavy atom. The lowest BCUT2D eigenvalue weighted by Gasteiger charge is -2.53. The van der Waals surface area contributed by atoms with Crippen molar-refractivity contribution in [2.24, 2.45) is 17.3 Å². The van der Waals surface area contributed by atoms with Gasteiger partial charge in [-0.15, -0.1) is 0 Å². The molecule has 2 heterocycles. The van der Waals surface area contributed by atoms with E-state index in [0.29, 0.717) is 12.5 Å². The lowest BCUT2D eigenvalue weighted by Crippen LogP contribution is -2.55. The van der Waals surface area contributed by atoms with Crippen molar-refractivity contribution in [3.8, 4) is 0 Å². The molecule has 4 heteroatoms. The topological polar surface area (TPSA) is 49.4 Å². The number of Topliss-reactive ketones (excluding diaryl/α,β-unsaturated/α-hetero) is 1. The molecule has 1 unspecified atom stereocenters. The molecule has 2 aliphatic heterocycles. The second-order valence-electron chi connectivity index (χ2n) is 6.94. The van der Waals surface area contributed by atoms with Crippen molar-refractivity contribution >= 4 is 11.7 Å². The summed E-state index contributed by atoms with van der Waals surface area (Å²) < 4.78 is 0. The fourth-order valence-corrected chi connectivity index (χ4v) is 4.35. The molecule has 20 heavy (non-hydrogen) atoms. The molecular weight excluding hydrogens is 252 g/mol. The van der Waals surface area contributed by atoms with E-state index in [0.717, 1.165) is 38.9 Å². The van der Waals surface area contributed by atoms with Crippen LogP contribution in [0.5, 0.6) is 0 Å². The molecule has 1 spiro atoms. The zero-order valence-electron chi connectivity index (χ0n) is 12.5. The van der Waals surface area contributed by atoms with E-state index in [1.54, 1.807) is 6.92 Å². The van der Waals surface area contributed by atoms with E-state index in [4.69, 9.17) is 0 Å². The number of carbonyl (C=O) groups is 2. The van der Waals surface area contributed by atoms with Gasteiger partial charge in [-0.25, -0.2) is 0 Å². The highest BCUT2D eigenvalue weighted by Crippen LogP contribution is 2.52. The largest absolute Gasteiger partial charge is 0.342 e. The van der Waals surface area contributed by atoms with E-state index in [1.807, 2.05) is 4.90 Å². The first kappa shape index (κ1) is 14.1. The van der Waals surface area contributed by atoms with Crippen LogP contribution in [0.2, 0.25) is 0 Å². The van der Waals surface area contributed by atoms with Crippen LogP contribution in [0.1, 0.15) is 45.4 Å². The molecule has 4 nitrogen and oxygen atoms in total. The zero-order valence-corrected chi connectivity index (χ0v) is 12.5. The first-order valence-electron chi connectivity index (χ1n) is 8.12. The second kappa shape index (κ2) is 5.47. The van der Waals surface area contributed by atoms with E-state index >= 15 is 0 Å². The minimum absolute atomic E-state index is 0.0932. The molecule has 0 aromatic heterocycles. The molecule has 1 N–H and O–H groups in total. The molecule has 0 bridgehead atoms. The Bertz CT molecular complexity index is 397. The molecule has 1 amide bonds. The number of hydrogen-bond donors (Lipinski definition) is 1. The predicted octanol–water partition coefficient (Wildman–Crippen LogP) is 1.59. The van der Waals surface area contributed by atoms with Gasteiger partial charge in [-0.05, 0) is 57.5 Å². The lowest BCUT2D eigenvalue weighted by atomic mass is 9.56. The minimum Gasteiger partial charge on any atom is -0.342 e. The predicted molar refractivity (Wildman–Crippen MR) is 77.2 cm³/mol. The summed E-state index contributed by atoms with van der Waals surface area (Å²) >= 11 is 0. The summed E-state index contributed by atoms with van der Waals surface area (Å²) in [6, 6.07) is 0.